The molecule has 1 fully saturated rings. The first kappa shape index (κ1) is 11.0. The summed E-state index contributed by atoms with van der Waals surface area (Å²) in [6, 6.07) is 0. The fourth-order valence-corrected chi connectivity index (χ4v) is 2.50. The number of rotatable bonds is 5. The first-order chi connectivity index (χ1) is 6.33. The Morgan fingerprint density at radius 2 is 1.92 bits per heavy atom. The van der Waals surface area contributed by atoms with Gasteiger partial charge >= 0.3 is 0 Å². The maximum Gasteiger partial charge on any atom is -0.00205 e. The molecular weight excluding hydrogens is 160 g/mol. The van der Waals surface area contributed by atoms with E-state index < -0.39 is 0 Å². The molecule has 1 aliphatic rings. The second kappa shape index (κ2) is 5.61. The van der Waals surface area contributed by atoms with Crippen LogP contribution in [-0.2, 0) is 0 Å². The molecule has 0 atom stereocenters. The molecule has 2 nitrogen and oxygen atoms in total. The van der Waals surface area contributed by atoms with Gasteiger partial charge in [0.05, 0.1) is 0 Å². The van der Waals surface area contributed by atoms with E-state index in [-0.39, 0.29) is 0 Å². The lowest BCUT2D eigenvalue weighted by molar-refractivity contribution is 0.178. The molecule has 0 radical (unpaired) electrons. The van der Waals surface area contributed by atoms with Crippen LogP contribution in [0.2, 0.25) is 0 Å². The lowest BCUT2D eigenvalue weighted by Crippen LogP contribution is -2.33. The standard InChI is InChI=1S/C11H24N2/c1-13-9-5-8-11(10-12)6-3-2-4-7-11/h13H,2-10,12H2,1H3. The summed E-state index contributed by atoms with van der Waals surface area (Å²) in [5, 5.41) is 3.21. The topological polar surface area (TPSA) is 38.0 Å². The van der Waals surface area contributed by atoms with Gasteiger partial charge in [0, 0.05) is 0 Å². The van der Waals surface area contributed by atoms with Gasteiger partial charge in [-0.1, -0.05) is 19.3 Å². The van der Waals surface area contributed by atoms with Gasteiger partial charge in [0.25, 0.3) is 0 Å². The third-order valence-corrected chi connectivity index (χ3v) is 3.48. The highest BCUT2D eigenvalue weighted by Crippen LogP contribution is 2.38. The number of hydrogen-bond acceptors (Lipinski definition) is 2. The molecule has 0 saturated heterocycles. The zero-order chi connectivity index (χ0) is 9.57. The molecule has 0 heterocycles. The van der Waals surface area contributed by atoms with Crippen molar-refractivity contribution in [1.82, 2.24) is 5.32 Å². The van der Waals surface area contributed by atoms with Crippen LogP contribution < -0.4 is 11.1 Å². The number of hydrogen-bond donors (Lipinski definition) is 2. The molecule has 0 aromatic heterocycles. The highest BCUT2D eigenvalue weighted by atomic mass is 14.8. The highest BCUT2D eigenvalue weighted by Gasteiger charge is 2.29. The van der Waals surface area contributed by atoms with E-state index in [4.69, 9.17) is 5.73 Å². The first-order valence-corrected chi connectivity index (χ1v) is 5.68. The molecule has 0 aromatic carbocycles. The summed E-state index contributed by atoms with van der Waals surface area (Å²) in [6.07, 6.45) is 9.57. The third kappa shape index (κ3) is 3.28. The zero-order valence-electron chi connectivity index (χ0n) is 8.94. The average Bonchev–Trinajstić information content (AvgIpc) is 2.20. The van der Waals surface area contributed by atoms with Crippen molar-refractivity contribution in [2.45, 2.75) is 44.9 Å². The second-order valence-electron chi connectivity index (χ2n) is 4.47. The lowest BCUT2D eigenvalue weighted by atomic mass is 9.71. The summed E-state index contributed by atoms with van der Waals surface area (Å²) < 4.78 is 0. The molecule has 2 heteroatoms. The van der Waals surface area contributed by atoms with Crippen LogP contribution in [0.3, 0.4) is 0 Å². The van der Waals surface area contributed by atoms with E-state index in [1.165, 1.54) is 44.9 Å². The van der Waals surface area contributed by atoms with Crippen LogP contribution in [0.15, 0.2) is 0 Å². The molecule has 0 spiro atoms. The summed E-state index contributed by atoms with van der Waals surface area (Å²) in [4.78, 5) is 0. The molecule has 1 aliphatic carbocycles. The van der Waals surface area contributed by atoms with Crippen LogP contribution in [0.4, 0.5) is 0 Å². The van der Waals surface area contributed by atoms with Crippen LogP contribution in [-0.4, -0.2) is 20.1 Å². The summed E-state index contributed by atoms with van der Waals surface area (Å²) >= 11 is 0. The van der Waals surface area contributed by atoms with E-state index in [0.29, 0.717) is 5.41 Å². The van der Waals surface area contributed by atoms with Crippen LogP contribution in [0, 0.1) is 5.41 Å². The third-order valence-electron chi connectivity index (χ3n) is 3.48. The van der Waals surface area contributed by atoms with E-state index in [1.807, 2.05) is 7.05 Å². The van der Waals surface area contributed by atoms with E-state index in [0.717, 1.165) is 13.1 Å². The Kier molecular flexibility index (Phi) is 4.74. The number of nitrogens with two attached hydrogens (primary N) is 1. The van der Waals surface area contributed by atoms with Crippen molar-refractivity contribution in [3.05, 3.63) is 0 Å². The Hall–Kier alpha value is -0.0800. The largest absolute Gasteiger partial charge is 0.330 e. The summed E-state index contributed by atoms with van der Waals surface area (Å²) in [5.41, 5.74) is 6.41. The molecule has 0 unspecified atom stereocenters. The monoisotopic (exact) mass is 184 g/mol. The van der Waals surface area contributed by atoms with E-state index >= 15 is 0 Å². The van der Waals surface area contributed by atoms with Crippen molar-refractivity contribution in [2.75, 3.05) is 20.1 Å². The molecule has 3 N–H and O–H groups in total. The van der Waals surface area contributed by atoms with Crippen molar-refractivity contribution < 1.29 is 0 Å². The Morgan fingerprint density at radius 1 is 1.23 bits per heavy atom. The molecule has 78 valence electrons. The minimum absolute atomic E-state index is 0.509. The quantitative estimate of drug-likeness (QED) is 0.640. The van der Waals surface area contributed by atoms with E-state index in [1.54, 1.807) is 0 Å². The van der Waals surface area contributed by atoms with Gasteiger partial charge in [0.2, 0.25) is 0 Å². The van der Waals surface area contributed by atoms with Gasteiger partial charge in [0.15, 0.2) is 0 Å². The van der Waals surface area contributed by atoms with Crippen molar-refractivity contribution >= 4 is 0 Å². The van der Waals surface area contributed by atoms with Crippen molar-refractivity contribution in [3.8, 4) is 0 Å². The normalized spacial score (nSPS) is 21.7. The summed E-state index contributed by atoms with van der Waals surface area (Å²) in [5.74, 6) is 0. The molecule has 0 amide bonds. The molecule has 0 bridgehead atoms. The van der Waals surface area contributed by atoms with Gasteiger partial charge in [-0.3, -0.25) is 0 Å². The first-order valence-electron chi connectivity index (χ1n) is 5.68. The zero-order valence-corrected chi connectivity index (χ0v) is 8.94. The van der Waals surface area contributed by atoms with Crippen LogP contribution in [0.25, 0.3) is 0 Å². The predicted octanol–water partition coefficient (Wildman–Crippen LogP) is 1.90. The molecule has 13 heavy (non-hydrogen) atoms. The SMILES string of the molecule is CNCCCC1(CN)CCCCC1. The molecule has 0 aromatic rings. The Morgan fingerprint density at radius 3 is 2.46 bits per heavy atom. The number of nitrogens with one attached hydrogen (secondary N) is 1. The van der Waals surface area contributed by atoms with Gasteiger partial charge in [0.1, 0.15) is 0 Å². The van der Waals surface area contributed by atoms with Crippen molar-refractivity contribution in [1.29, 1.82) is 0 Å². The Bertz CT molecular complexity index is 128. The maximum absolute atomic E-state index is 5.90. The summed E-state index contributed by atoms with van der Waals surface area (Å²) in [6.45, 7) is 2.04. The fraction of sp³-hybridized carbons (Fsp3) is 1.00. The van der Waals surface area contributed by atoms with Gasteiger partial charge in [-0.15, -0.1) is 0 Å². The molecule has 1 rings (SSSR count). The smallest absolute Gasteiger partial charge is 0.00205 e. The predicted molar refractivity (Wildman–Crippen MR) is 57.7 cm³/mol. The van der Waals surface area contributed by atoms with E-state index in [9.17, 15) is 0 Å². The van der Waals surface area contributed by atoms with Gasteiger partial charge in [-0.25, -0.2) is 0 Å². The summed E-state index contributed by atoms with van der Waals surface area (Å²) in [7, 11) is 2.02. The molecule has 1 saturated carbocycles. The van der Waals surface area contributed by atoms with Crippen LogP contribution in [0.5, 0.6) is 0 Å². The fourth-order valence-electron chi connectivity index (χ4n) is 2.50. The average molecular weight is 184 g/mol. The van der Waals surface area contributed by atoms with Crippen molar-refractivity contribution in [2.24, 2.45) is 11.1 Å². The maximum atomic E-state index is 5.90. The van der Waals surface area contributed by atoms with Gasteiger partial charge < -0.3 is 11.1 Å². The van der Waals surface area contributed by atoms with E-state index in [2.05, 4.69) is 5.32 Å². The lowest BCUT2D eigenvalue weighted by Gasteiger charge is -2.36. The minimum atomic E-state index is 0.509. The van der Waals surface area contributed by atoms with Gasteiger partial charge in [-0.2, -0.15) is 0 Å². The molecule has 0 aliphatic heterocycles. The molecular formula is C11H24N2. The van der Waals surface area contributed by atoms with Crippen LogP contribution >= 0.6 is 0 Å². The highest BCUT2D eigenvalue weighted by molar-refractivity contribution is 4.83. The van der Waals surface area contributed by atoms with Gasteiger partial charge in [-0.05, 0) is 51.2 Å². The van der Waals surface area contributed by atoms with Crippen LogP contribution in [0.1, 0.15) is 44.9 Å². The van der Waals surface area contributed by atoms with Crippen molar-refractivity contribution in [3.63, 3.8) is 0 Å². The Balaban J connectivity index is 2.29. The Labute approximate surface area is 82.3 Å². The minimum Gasteiger partial charge on any atom is -0.330 e. The second-order valence-corrected chi connectivity index (χ2v) is 4.47.